The van der Waals surface area contributed by atoms with Crippen molar-refractivity contribution in [3.05, 3.63) is 108 Å². The summed E-state index contributed by atoms with van der Waals surface area (Å²) >= 11 is 0. The third-order valence-electron chi connectivity index (χ3n) is 7.67. The van der Waals surface area contributed by atoms with Crippen molar-refractivity contribution in [3.63, 3.8) is 0 Å². The molecule has 1 aliphatic heterocycles. The van der Waals surface area contributed by atoms with Crippen molar-refractivity contribution >= 4 is 55.1 Å². The molecule has 5 heteroatoms. The normalized spacial score (nSPS) is 13.4. The molecule has 0 atom stereocenters. The van der Waals surface area contributed by atoms with Gasteiger partial charge in [-0.1, -0.05) is 60.2 Å². The van der Waals surface area contributed by atoms with E-state index >= 15 is 0 Å². The summed E-state index contributed by atoms with van der Waals surface area (Å²) in [6.45, 7) is 2.69. The third kappa shape index (κ3) is 2.85. The summed E-state index contributed by atoms with van der Waals surface area (Å²) in [5.41, 5.74) is 8.00. The molecule has 176 valence electrons. The molecule has 0 saturated heterocycles. The second-order valence-electron chi connectivity index (χ2n) is 9.88. The van der Waals surface area contributed by atoms with Crippen LogP contribution < -0.4 is 4.90 Å². The van der Waals surface area contributed by atoms with E-state index in [4.69, 9.17) is 4.98 Å². The van der Waals surface area contributed by atoms with E-state index in [1.165, 1.54) is 5.56 Å². The van der Waals surface area contributed by atoms with Crippen LogP contribution in [-0.4, -0.2) is 20.9 Å². The number of anilines is 1. The van der Waals surface area contributed by atoms with Crippen LogP contribution in [0.4, 0.5) is 5.69 Å². The molecule has 0 radical (unpaired) electrons. The number of nitrogens with one attached hydrogen (secondary N) is 2. The smallest absolute Gasteiger partial charge is 0.258 e. The lowest BCUT2D eigenvalue weighted by atomic mass is 9.99. The number of fused-ring (bicyclic) bond motifs is 8. The Kier molecular flexibility index (Phi) is 4.01. The maximum absolute atomic E-state index is 13.2. The summed E-state index contributed by atoms with van der Waals surface area (Å²) in [5.74, 6) is 0.878. The van der Waals surface area contributed by atoms with Gasteiger partial charge in [-0.25, -0.2) is 4.98 Å². The molecule has 0 spiro atoms. The van der Waals surface area contributed by atoms with Gasteiger partial charge in [0.2, 0.25) is 0 Å². The molecule has 2 aromatic heterocycles. The van der Waals surface area contributed by atoms with Gasteiger partial charge in [0, 0.05) is 44.7 Å². The number of imidazole rings is 1. The molecular formula is C32H22N4O. The number of amides is 1. The Balaban J connectivity index is 1.38. The molecule has 0 saturated carbocycles. The zero-order valence-electron chi connectivity index (χ0n) is 20.2. The van der Waals surface area contributed by atoms with Crippen molar-refractivity contribution in [1.29, 1.82) is 0 Å². The zero-order valence-corrected chi connectivity index (χ0v) is 20.2. The van der Waals surface area contributed by atoms with Crippen LogP contribution >= 0.6 is 0 Å². The largest absolute Gasteiger partial charge is 0.360 e. The van der Waals surface area contributed by atoms with E-state index in [1.807, 2.05) is 35.4 Å². The summed E-state index contributed by atoms with van der Waals surface area (Å²) in [6.07, 6.45) is 2.03. The van der Waals surface area contributed by atoms with Gasteiger partial charge in [-0.15, -0.1) is 0 Å². The minimum atomic E-state index is 0.0452. The van der Waals surface area contributed by atoms with Crippen molar-refractivity contribution in [2.24, 2.45) is 0 Å². The highest BCUT2D eigenvalue weighted by Gasteiger charge is 2.28. The van der Waals surface area contributed by atoms with Gasteiger partial charge in [0.1, 0.15) is 5.82 Å². The SMILES string of the molecule is Cc1ccc2[nH]cc(-c3nc4c5cc(N6Cc7ccccc7C6=O)ccc5c5ccccc5c4[nH]3)c2c1. The first-order valence-electron chi connectivity index (χ1n) is 12.5. The summed E-state index contributed by atoms with van der Waals surface area (Å²) in [4.78, 5) is 27.3. The van der Waals surface area contributed by atoms with Crippen molar-refractivity contribution in [2.45, 2.75) is 13.5 Å². The van der Waals surface area contributed by atoms with Crippen molar-refractivity contribution < 1.29 is 4.79 Å². The third-order valence-corrected chi connectivity index (χ3v) is 7.67. The number of hydrogen-bond donors (Lipinski definition) is 2. The van der Waals surface area contributed by atoms with Crippen LogP contribution in [0, 0.1) is 6.92 Å². The lowest BCUT2D eigenvalue weighted by Crippen LogP contribution is -2.22. The number of rotatable bonds is 2. The van der Waals surface area contributed by atoms with Crippen LogP contribution in [0.1, 0.15) is 21.5 Å². The summed E-state index contributed by atoms with van der Waals surface area (Å²) < 4.78 is 0. The predicted molar refractivity (Wildman–Crippen MR) is 150 cm³/mol. The van der Waals surface area contributed by atoms with Gasteiger partial charge in [-0.3, -0.25) is 4.79 Å². The fourth-order valence-electron chi connectivity index (χ4n) is 5.85. The van der Waals surface area contributed by atoms with E-state index in [-0.39, 0.29) is 5.91 Å². The highest BCUT2D eigenvalue weighted by molar-refractivity contribution is 6.24. The number of carbonyl (C=O) groups excluding carboxylic acids is 1. The first-order chi connectivity index (χ1) is 18.2. The Morgan fingerprint density at radius 3 is 2.49 bits per heavy atom. The maximum atomic E-state index is 13.2. The maximum Gasteiger partial charge on any atom is 0.258 e. The van der Waals surface area contributed by atoms with Crippen molar-refractivity contribution in [1.82, 2.24) is 15.0 Å². The van der Waals surface area contributed by atoms with Gasteiger partial charge in [0.05, 0.1) is 17.6 Å². The molecule has 1 aliphatic rings. The number of aromatic amines is 2. The van der Waals surface area contributed by atoms with E-state index in [9.17, 15) is 4.79 Å². The Morgan fingerprint density at radius 2 is 1.59 bits per heavy atom. The van der Waals surface area contributed by atoms with E-state index in [0.29, 0.717) is 6.54 Å². The Morgan fingerprint density at radius 1 is 0.784 bits per heavy atom. The second-order valence-corrected chi connectivity index (χ2v) is 9.88. The number of aryl methyl sites for hydroxylation is 1. The number of carbonyl (C=O) groups is 1. The number of aromatic nitrogens is 3. The van der Waals surface area contributed by atoms with Gasteiger partial charge in [-0.05, 0) is 53.6 Å². The molecule has 2 N–H and O–H groups in total. The number of H-pyrrole nitrogens is 2. The minimum Gasteiger partial charge on any atom is -0.360 e. The Hall–Kier alpha value is -4.90. The fraction of sp³-hybridized carbons (Fsp3) is 0.0625. The van der Waals surface area contributed by atoms with Gasteiger partial charge in [0.25, 0.3) is 5.91 Å². The van der Waals surface area contributed by atoms with Gasteiger partial charge < -0.3 is 14.9 Å². The minimum absolute atomic E-state index is 0.0452. The molecule has 0 fully saturated rings. The molecule has 0 aliphatic carbocycles. The second kappa shape index (κ2) is 7.31. The first-order valence-corrected chi connectivity index (χ1v) is 12.5. The summed E-state index contributed by atoms with van der Waals surface area (Å²) in [7, 11) is 0. The number of nitrogens with zero attached hydrogens (tertiary/aromatic N) is 2. The van der Waals surface area contributed by atoms with E-state index in [0.717, 1.165) is 71.7 Å². The van der Waals surface area contributed by atoms with E-state index in [2.05, 4.69) is 77.6 Å². The molecule has 0 unspecified atom stereocenters. The Bertz CT molecular complexity index is 2060. The molecule has 5 aromatic carbocycles. The van der Waals surface area contributed by atoms with Crippen molar-refractivity contribution in [2.75, 3.05) is 4.90 Å². The Labute approximate surface area is 212 Å². The standard InChI is InChI=1S/C32H22N4O/c1-18-10-13-28-25(14-18)27(16-33-28)31-34-29-24-9-5-4-8-22(24)23-12-11-20(15-26(23)30(29)35-31)36-17-19-6-2-3-7-21(19)32(36)37/h2-16,33H,17H2,1H3,(H,34,35). The monoisotopic (exact) mass is 478 g/mol. The lowest BCUT2D eigenvalue weighted by Gasteiger charge is -2.17. The van der Waals surface area contributed by atoms with Crippen LogP contribution in [0.2, 0.25) is 0 Å². The molecule has 37 heavy (non-hydrogen) atoms. The summed E-state index contributed by atoms with van der Waals surface area (Å²) in [6, 6.07) is 29.0. The highest BCUT2D eigenvalue weighted by Crippen LogP contribution is 2.39. The van der Waals surface area contributed by atoms with Gasteiger partial charge >= 0.3 is 0 Å². The lowest BCUT2D eigenvalue weighted by molar-refractivity contribution is 0.0996. The molecular weight excluding hydrogens is 456 g/mol. The van der Waals surface area contributed by atoms with Gasteiger partial charge in [0.15, 0.2) is 0 Å². The molecule has 3 heterocycles. The molecule has 7 aromatic rings. The molecule has 1 amide bonds. The highest BCUT2D eigenvalue weighted by atomic mass is 16.2. The average molecular weight is 479 g/mol. The molecule has 5 nitrogen and oxygen atoms in total. The van der Waals surface area contributed by atoms with Gasteiger partial charge in [-0.2, -0.15) is 0 Å². The summed E-state index contributed by atoms with van der Waals surface area (Å²) in [5, 5.41) is 5.61. The average Bonchev–Trinajstić information content (AvgIpc) is 3.64. The van der Waals surface area contributed by atoms with E-state index < -0.39 is 0 Å². The van der Waals surface area contributed by atoms with Crippen LogP contribution in [0.25, 0.3) is 54.9 Å². The first kappa shape index (κ1) is 20.3. The number of hydrogen-bond acceptors (Lipinski definition) is 2. The van der Waals surface area contributed by atoms with Crippen LogP contribution in [-0.2, 0) is 6.54 Å². The molecule has 0 bridgehead atoms. The van der Waals surface area contributed by atoms with Crippen LogP contribution in [0.5, 0.6) is 0 Å². The quantitative estimate of drug-likeness (QED) is 0.253. The topological polar surface area (TPSA) is 64.8 Å². The molecule has 8 rings (SSSR count). The van der Waals surface area contributed by atoms with Crippen molar-refractivity contribution in [3.8, 4) is 11.4 Å². The predicted octanol–water partition coefficient (Wildman–Crippen LogP) is 7.49. The van der Waals surface area contributed by atoms with Crippen LogP contribution in [0.15, 0.2) is 91.1 Å². The number of benzene rings is 5. The van der Waals surface area contributed by atoms with E-state index in [1.54, 1.807) is 0 Å². The van der Waals surface area contributed by atoms with Crippen LogP contribution in [0.3, 0.4) is 0 Å². The zero-order chi connectivity index (χ0) is 24.7. The fourth-order valence-corrected chi connectivity index (χ4v) is 5.85.